The fourth-order valence-corrected chi connectivity index (χ4v) is 5.47. The Morgan fingerprint density at radius 3 is 2.47 bits per heavy atom. The Morgan fingerprint density at radius 2 is 1.85 bits per heavy atom. The van der Waals surface area contributed by atoms with Gasteiger partial charge in [0.25, 0.3) is 5.91 Å². The van der Waals surface area contributed by atoms with Crippen molar-refractivity contribution in [3.05, 3.63) is 80.6 Å². The largest absolute Gasteiger partial charge is 0.497 e. The summed E-state index contributed by atoms with van der Waals surface area (Å²) < 4.78 is 7.41. The van der Waals surface area contributed by atoms with Gasteiger partial charge in [-0.1, -0.05) is 55.8 Å². The van der Waals surface area contributed by atoms with Crippen molar-refractivity contribution < 1.29 is 9.53 Å². The van der Waals surface area contributed by atoms with Crippen molar-refractivity contribution in [3.8, 4) is 5.75 Å². The number of rotatable bonds is 10. The van der Waals surface area contributed by atoms with E-state index in [2.05, 4.69) is 34.5 Å². The maximum Gasteiger partial charge on any atom is 0.258 e. The highest BCUT2D eigenvalue weighted by Crippen LogP contribution is 2.49. The number of nitrogens with zero attached hydrogens (tertiary/aromatic N) is 3. The zero-order valence-corrected chi connectivity index (χ0v) is 21.7. The second-order valence-electron chi connectivity index (χ2n) is 8.70. The van der Waals surface area contributed by atoms with E-state index in [1.807, 2.05) is 48.5 Å². The third kappa shape index (κ3) is 5.45. The van der Waals surface area contributed by atoms with E-state index in [-0.39, 0.29) is 5.91 Å². The first-order chi connectivity index (χ1) is 16.5. The van der Waals surface area contributed by atoms with Gasteiger partial charge in [0.1, 0.15) is 5.75 Å². The number of likely N-dealkylation sites (N-methyl/N-ethyl adjacent to an activating group) is 1. The summed E-state index contributed by atoms with van der Waals surface area (Å²) in [4.78, 5) is 22.4. The number of thiazole rings is 1. The van der Waals surface area contributed by atoms with Crippen LogP contribution in [0.25, 0.3) is 0 Å². The number of amides is 1. The van der Waals surface area contributed by atoms with E-state index < -0.39 is 5.41 Å². The van der Waals surface area contributed by atoms with Crippen molar-refractivity contribution in [1.82, 2.24) is 9.47 Å². The van der Waals surface area contributed by atoms with Crippen LogP contribution in [0, 0.1) is 0 Å². The molecule has 34 heavy (non-hydrogen) atoms. The maximum atomic E-state index is 13.4. The minimum atomic E-state index is -0.504. The lowest BCUT2D eigenvalue weighted by atomic mass is 9.95. The molecule has 0 aliphatic heterocycles. The molecule has 0 N–H and O–H groups in total. The predicted octanol–water partition coefficient (Wildman–Crippen LogP) is 5.30. The van der Waals surface area contributed by atoms with Gasteiger partial charge < -0.3 is 14.2 Å². The van der Waals surface area contributed by atoms with Crippen LogP contribution < -0.4 is 9.54 Å². The number of aromatic nitrogens is 1. The molecule has 0 unspecified atom stereocenters. The van der Waals surface area contributed by atoms with E-state index in [1.165, 1.54) is 0 Å². The van der Waals surface area contributed by atoms with Crippen molar-refractivity contribution in [2.24, 2.45) is 4.99 Å². The summed E-state index contributed by atoms with van der Waals surface area (Å²) in [6.45, 7) is 8.05. The zero-order valence-electron chi connectivity index (χ0n) is 20.1. The van der Waals surface area contributed by atoms with E-state index >= 15 is 0 Å². The summed E-state index contributed by atoms with van der Waals surface area (Å²) in [5, 5.41) is 0.761. The molecule has 0 spiro atoms. The van der Waals surface area contributed by atoms with Crippen LogP contribution in [0.4, 0.5) is 0 Å². The summed E-state index contributed by atoms with van der Waals surface area (Å²) in [6.07, 6.45) is 4.53. The molecular weight excluding hydrogens is 466 g/mol. The molecule has 0 bridgehead atoms. The van der Waals surface area contributed by atoms with Crippen molar-refractivity contribution in [2.45, 2.75) is 45.1 Å². The zero-order chi connectivity index (χ0) is 24.1. The van der Waals surface area contributed by atoms with Crippen LogP contribution in [0.5, 0.6) is 5.75 Å². The van der Waals surface area contributed by atoms with Gasteiger partial charge in [-0.2, -0.15) is 4.99 Å². The van der Waals surface area contributed by atoms with Crippen molar-refractivity contribution in [2.75, 3.05) is 26.7 Å². The van der Waals surface area contributed by atoms with Gasteiger partial charge >= 0.3 is 0 Å². The molecule has 1 amide bonds. The molecule has 5 nitrogen and oxygen atoms in total. The molecule has 4 rings (SSSR count). The summed E-state index contributed by atoms with van der Waals surface area (Å²) in [5.74, 6) is 0.737. The molecule has 0 atom stereocenters. The fourth-order valence-electron chi connectivity index (χ4n) is 4.23. The number of hydrogen-bond acceptors (Lipinski definition) is 4. The third-order valence-electron chi connectivity index (χ3n) is 6.64. The number of halogens is 1. The lowest BCUT2D eigenvalue weighted by Crippen LogP contribution is -2.30. The average molecular weight is 498 g/mol. The molecule has 1 aromatic heterocycles. The van der Waals surface area contributed by atoms with Crippen molar-refractivity contribution >= 4 is 28.8 Å². The molecular formula is C27H32ClN3O2S. The molecule has 1 heterocycles. The van der Waals surface area contributed by atoms with Gasteiger partial charge in [-0.15, -0.1) is 11.3 Å². The number of carbonyl (C=O) groups excluding carboxylic acids is 1. The Hall–Kier alpha value is -2.41. The van der Waals surface area contributed by atoms with Gasteiger partial charge in [0, 0.05) is 35.6 Å². The second-order valence-corrected chi connectivity index (χ2v) is 10.2. The first-order valence-corrected chi connectivity index (χ1v) is 13.1. The van der Waals surface area contributed by atoms with Crippen molar-refractivity contribution in [3.63, 3.8) is 0 Å². The molecule has 180 valence electrons. The first-order valence-electron chi connectivity index (χ1n) is 11.9. The smallest absolute Gasteiger partial charge is 0.258 e. The van der Waals surface area contributed by atoms with Crippen LogP contribution in [0.1, 0.15) is 42.7 Å². The third-order valence-corrected chi connectivity index (χ3v) is 8.03. The van der Waals surface area contributed by atoms with Gasteiger partial charge in [-0.05, 0) is 55.3 Å². The highest BCUT2D eigenvalue weighted by molar-refractivity contribution is 7.09. The minimum absolute atomic E-state index is 0.0552. The Balaban J connectivity index is 1.64. The maximum absolute atomic E-state index is 13.4. The van der Waals surface area contributed by atoms with E-state index in [0.29, 0.717) is 0 Å². The number of hydrogen-bond donors (Lipinski definition) is 0. The van der Waals surface area contributed by atoms with E-state index in [0.717, 1.165) is 77.0 Å². The van der Waals surface area contributed by atoms with Crippen LogP contribution in [-0.2, 0) is 23.2 Å². The predicted molar refractivity (Wildman–Crippen MR) is 139 cm³/mol. The van der Waals surface area contributed by atoms with Crippen LogP contribution in [0.3, 0.4) is 0 Å². The highest BCUT2D eigenvalue weighted by atomic mass is 35.5. The normalized spacial score (nSPS) is 15.0. The molecule has 7 heteroatoms. The number of carbonyl (C=O) groups is 1. The number of ether oxygens (including phenoxy) is 1. The monoisotopic (exact) mass is 497 g/mol. The van der Waals surface area contributed by atoms with Crippen LogP contribution in [0.2, 0.25) is 5.02 Å². The Kier molecular flexibility index (Phi) is 7.91. The summed E-state index contributed by atoms with van der Waals surface area (Å²) in [5.41, 5.74) is 1.59. The lowest BCUT2D eigenvalue weighted by molar-refractivity contribution is -0.120. The second kappa shape index (κ2) is 10.9. The highest BCUT2D eigenvalue weighted by Gasteiger charge is 2.51. The Bertz CT molecular complexity index is 1190. The van der Waals surface area contributed by atoms with Gasteiger partial charge in [-0.3, -0.25) is 4.79 Å². The van der Waals surface area contributed by atoms with Gasteiger partial charge in [0.15, 0.2) is 4.80 Å². The van der Waals surface area contributed by atoms with E-state index in [9.17, 15) is 4.79 Å². The lowest BCUT2D eigenvalue weighted by Gasteiger charge is -2.18. The molecule has 2 aromatic carbocycles. The molecule has 1 aliphatic rings. The Morgan fingerprint density at radius 1 is 1.15 bits per heavy atom. The molecule has 1 saturated carbocycles. The summed E-state index contributed by atoms with van der Waals surface area (Å²) in [6, 6.07) is 15.7. The minimum Gasteiger partial charge on any atom is -0.497 e. The number of benzene rings is 2. The van der Waals surface area contributed by atoms with E-state index in [4.69, 9.17) is 16.3 Å². The SMILES string of the molecule is CCN(CC)CCn1cc(Cc2ccccc2Cl)sc1=NC(=O)C1(c2ccc(OC)cc2)CC1. The Labute approximate surface area is 210 Å². The summed E-state index contributed by atoms with van der Waals surface area (Å²) in [7, 11) is 1.65. The van der Waals surface area contributed by atoms with E-state index in [1.54, 1.807) is 18.4 Å². The van der Waals surface area contributed by atoms with Crippen molar-refractivity contribution in [1.29, 1.82) is 0 Å². The molecule has 3 aromatic rings. The molecule has 0 saturated heterocycles. The van der Waals surface area contributed by atoms with Crippen LogP contribution in [-0.4, -0.2) is 42.1 Å². The quantitative estimate of drug-likeness (QED) is 0.381. The fraction of sp³-hybridized carbons (Fsp3) is 0.407. The summed E-state index contributed by atoms with van der Waals surface area (Å²) >= 11 is 7.99. The van der Waals surface area contributed by atoms with Gasteiger partial charge in [-0.25, -0.2) is 0 Å². The first kappa shape index (κ1) is 24.7. The van der Waals surface area contributed by atoms with Gasteiger partial charge in [0.05, 0.1) is 12.5 Å². The topological polar surface area (TPSA) is 46.8 Å². The van der Waals surface area contributed by atoms with Gasteiger partial charge in [0.2, 0.25) is 0 Å². The van der Waals surface area contributed by atoms with Crippen LogP contribution >= 0.6 is 22.9 Å². The molecule has 1 fully saturated rings. The number of methoxy groups -OCH3 is 1. The molecule has 0 radical (unpaired) electrons. The average Bonchev–Trinajstić information content (AvgIpc) is 3.59. The standard InChI is InChI=1S/C27H32ClN3O2S/c1-4-30(5-2)16-17-31-19-23(18-20-8-6-7-9-24(20)28)34-26(31)29-25(32)27(14-15-27)21-10-12-22(33-3)13-11-21/h6-13,19H,4-5,14-18H2,1-3H3. The van der Waals surface area contributed by atoms with Crippen LogP contribution in [0.15, 0.2) is 59.7 Å². The molecule has 1 aliphatic carbocycles.